The van der Waals surface area contributed by atoms with E-state index in [9.17, 15) is 4.79 Å². The van der Waals surface area contributed by atoms with Crippen molar-refractivity contribution in [2.45, 2.75) is 51.7 Å². The van der Waals surface area contributed by atoms with Crippen molar-refractivity contribution in [2.24, 2.45) is 0 Å². The Hall–Kier alpha value is -0.940. The van der Waals surface area contributed by atoms with E-state index in [2.05, 4.69) is 38.0 Å². The molecular weight excluding hydrogens is 246 g/mol. The van der Waals surface area contributed by atoms with E-state index in [0.29, 0.717) is 6.04 Å². The highest BCUT2D eigenvalue weighted by atomic mass is 32.1. The second-order valence-electron chi connectivity index (χ2n) is 5.55. The van der Waals surface area contributed by atoms with Crippen LogP contribution in [0, 0.1) is 0 Å². The number of hydrogen-bond donors (Lipinski definition) is 1. The van der Waals surface area contributed by atoms with Crippen LogP contribution < -0.4 is 5.32 Å². The highest BCUT2D eigenvalue weighted by Gasteiger charge is 2.42. The molecule has 1 unspecified atom stereocenters. The average Bonchev–Trinajstić information content (AvgIpc) is 2.89. The zero-order valence-electron chi connectivity index (χ0n) is 11.4. The van der Waals surface area contributed by atoms with Gasteiger partial charge in [0.15, 0.2) is 0 Å². The summed E-state index contributed by atoms with van der Waals surface area (Å²) < 4.78 is 0. The van der Waals surface area contributed by atoms with Crippen molar-refractivity contribution >= 4 is 17.2 Å². The fraction of sp³-hybridized carbons (Fsp3) is 0.692. The number of carbonyl (C=O) groups is 1. The van der Waals surface area contributed by atoms with Crippen LogP contribution in [0.25, 0.3) is 0 Å². The molecule has 2 heterocycles. The lowest BCUT2D eigenvalue weighted by atomic mass is 10.0. The monoisotopic (exact) mass is 267 g/mol. The lowest BCUT2D eigenvalue weighted by molar-refractivity contribution is -0.134. The molecule has 1 aliphatic heterocycles. The van der Waals surface area contributed by atoms with E-state index in [-0.39, 0.29) is 17.5 Å². The molecule has 100 valence electrons. The minimum atomic E-state index is -0.307. The lowest BCUT2D eigenvalue weighted by Crippen LogP contribution is -2.47. The van der Waals surface area contributed by atoms with Gasteiger partial charge in [0.25, 0.3) is 0 Å². The van der Waals surface area contributed by atoms with Gasteiger partial charge in [-0.15, -0.1) is 11.3 Å². The van der Waals surface area contributed by atoms with Crippen molar-refractivity contribution in [1.29, 1.82) is 0 Å². The van der Waals surface area contributed by atoms with Crippen LogP contribution in [0.3, 0.4) is 0 Å². The third-order valence-electron chi connectivity index (χ3n) is 3.37. The molecule has 0 aliphatic carbocycles. The van der Waals surface area contributed by atoms with Crippen molar-refractivity contribution in [3.05, 3.63) is 16.6 Å². The molecule has 0 radical (unpaired) electrons. The Kier molecular flexibility index (Phi) is 3.73. The van der Waals surface area contributed by atoms with Gasteiger partial charge in [-0.05, 0) is 20.3 Å². The molecule has 0 aromatic carbocycles. The van der Waals surface area contributed by atoms with Gasteiger partial charge in [0.2, 0.25) is 5.91 Å². The topological polar surface area (TPSA) is 45.2 Å². The molecule has 18 heavy (non-hydrogen) atoms. The summed E-state index contributed by atoms with van der Waals surface area (Å²) in [6, 6.07) is 0.297. The minimum absolute atomic E-state index is 0.0377. The molecule has 5 heteroatoms. The zero-order chi connectivity index (χ0) is 13.3. The summed E-state index contributed by atoms with van der Waals surface area (Å²) in [5.74, 6) is 0.198. The molecule has 1 fully saturated rings. The van der Waals surface area contributed by atoms with E-state index in [0.717, 1.165) is 18.0 Å². The molecule has 2 rings (SSSR count). The summed E-state index contributed by atoms with van der Waals surface area (Å²) in [6.45, 7) is 9.09. The van der Waals surface area contributed by atoms with E-state index >= 15 is 0 Å². The molecule has 4 nitrogen and oxygen atoms in total. The first-order valence-electron chi connectivity index (χ1n) is 6.40. The molecular formula is C13H21N3OS. The molecule has 1 amide bonds. The van der Waals surface area contributed by atoms with E-state index in [4.69, 9.17) is 0 Å². The maximum Gasteiger partial charge on any atom is 0.240 e. The molecule has 0 saturated carbocycles. The first-order valence-corrected chi connectivity index (χ1v) is 7.28. The lowest BCUT2D eigenvalue weighted by Gasteiger charge is -2.34. The van der Waals surface area contributed by atoms with Crippen molar-refractivity contribution in [1.82, 2.24) is 15.2 Å². The van der Waals surface area contributed by atoms with Gasteiger partial charge in [-0.2, -0.15) is 0 Å². The van der Waals surface area contributed by atoms with Gasteiger partial charge in [0, 0.05) is 24.2 Å². The number of amides is 1. The van der Waals surface area contributed by atoms with Gasteiger partial charge in [-0.25, -0.2) is 4.98 Å². The SMILES string of the molecule is CC(C)NC1CCN(C(C)(C)c2nccs2)C1=O. The van der Waals surface area contributed by atoms with Crippen molar-refractivity contribution in [2.75, 3.05) is 6.54 Å². The first kappa shape index (κ1) is 13.5. The number of rotatable bonds is 4. The average molecular weight is 267 g/mol. The van der Waals surface area contributed by atoms with Crippen molar-refractivity contribution in [3.63, 3.8) is 0 Å². The predicted octanol–water partition coefficient (Wildman–Crippen LogP) is 1.98. The minimum Gasteiger partial charge on any atom is -0.330 e. The highest BCUT2D eigenvalue weighted by Crippen LogP contribution is 2.32. The largest absolute Gasteiger partial charge is 0.330 e. The van der Waals surface area contributed by atoms with Gasteiger partial charge >= 0.3 is 0 Å². The normalized spacial score (nSPS) is 21.1. The number of hydrogen-bond acceptors (Lipinski definition) is 4. The summed E-state index contributed by atoms with van der Waals surface area (Å²) in [6.07, 6.45) is 2.68. The Labute approximate surface area is 112 Å². The highest BCUT2D eigenvalue weighted by molar-refractivity contribution is 7.09. The Morgan fingerprint density at radius 2 is 2.28 bits per heavy atom. The number of aromatic nitrogens is 1. The smallest absolute Gasteiger partial charge is 0.240 e. The molecule has 0 spiro atoms. The van der Waals surface area contributed by atoms with Crippen LogP contribution in [0.15, 0.2) is 11.6 Å². The molecule has 1 aromatic rings. The number of nitrogens with zero attached hydrogens (tertiary/aromatic N) is 2. The van der Waals surface area contributed by atoms with E-state index in [1.807, 2.05) is 10.3 Å². The Morgan fingerprint density at radius 1 is 1.56 bits per heavy atom. The van der Waals surface area contributed by atoms with Crippen LogP contribution in [0.1, 0.15) is 39.1 Å². The summed E-state index contributed by atoms with van der Waals surface area (Å²) in [5, 5.41) is 6.29. The summed E-state index contributed by atoms with van der Waals surface area (Å²) in [5.41, 5.74) is -0.307. The number of carbonyl (C=O) groups excluding carboxylic acids is 1. The maximum absolute atomic E-state index is 12.4. The van der Waals surface area contributed by atoms with Gasteiger partial charge < -0.3 is 10.2 Å². The molecule has 0 bridgehead atoms. The van der Waals surface area contributed by atoms with Gasteiger partial charge in [0.05, 0.1) is 11.6 Å². The molecule has 1 saturated heterocycles. The standard InChI is InChI=1S/C13H21N3OS/c1-9(2)15-10-5-7-16(11(10)17)13(3,4)12-14-6-8-18-12/h6,8-10,15H,5,7H2,1-4H3. The third-order valence-corrected chi connectivity index (χ3v) is 4.46. The Morgan fingerprint density at radius 3 is 2.83 bits per heavy atom. The summed E-state index contributed by atoms with van der Waals surface area (Å²) in [4.78, 5) is 18.7. The van der Waals surface area contributed by atoms with E-state index in [1.54, 1.807) is 17.5 Å². The van der Waals surface area contributed by atoms with Gasteiger partial charge in [0.1, 0.15) is 5.01 Å². The summed E-state index contributed by atoms with van der Waals surface area (Å²) >= 11 is 1.61. The number of likely N-dealkylation sites (tertiary alicyclic amines) is 1. The Balaban J connectivity index is 2.14. The molecule has 1 aromatic heterocycles. The molecule has 1 N–H and O–H groups in total. The van der Waals surface area contributed by atoms with Crippen LogP contribution in [0.4, 0.5) is 0 Å². The van der Waals surface area contributed by atoms with E-state index in [1.165, 1.54) is 0 Å². The maximum atomic E-state index is 12.4. The van der Waals surface area contributed by atoms with Gasteiger partial charge in [-0.1, -0.05) is 13.8 Å². The van der Waals surface area contributed by atoms with Crippen LogP contribution in [-0.4, -0.2) is 34.4 Å². The van der Waals surface area contributed by atoms with Crippen molar-refractivity contribution < 1.29 is 4.79 Å². The fourth-order valence-corrected chi connectivity index (χ4v) is 3.20. The second-order valence-corrected chi connectivity index (χ2v) is 6.44. The first-order chi connectivity index (χ1) is 8.43. The molecule has 1 atom stereocenters. The second kappa shape index (κ2) is 4.97. The summed E-state index contributed by atoms with van der Waals surface area (Å²) in [7, 11) is 0. The van der Waals surface area contributed by atoms with Crippen LogP contribution >= 0.6 is 11.3 Å². The van der Waals surface area contributed by atoms with E-state index < -0.39 is 0 Å². The van der Waals surface area contributed by atoms with Crippen LogP contribution in [0.5, 0.6) is 0 Å². The van der Waals surface area contributed by atoms with Crippen molar-refractivity contribution in [3.8, 4) is 0 Å². The fourth-order valence-electron chi connectivity index (χ4n) is 2.43. The number of thiazole rings is 1. The Bertz CT molecular complexity index is 414. The third kappa shape index (κ3) is 2.42. The van der Waals surface area contributed by atoms with Gasteiger partial charge in [-0.3, -0.25) is 4.79 Å². The quantitative estimate of drug-likeness (QED) is 0.907. The predicted molar refractivity (Wildman–Crippen MR) is 73.5 cm³/mol. The zero-order valence-corrected chi connectivity index (χ0v) is 12.3. The number of nitrogens with one attached hydrogen (secondary N) is 1. The molecule has 1 aliphatic rings. The van der Waals surface area contributed by atoms with Crippen LogP contribution in [0.2, 0.25) is 0 Å². The van der Waals surface area contributed by atoms with Crippen LogP contribution in [-0.2, 0) is 10.3 Å².